The maximum atomic E-state index is 12.2. The average molecular weight is 317 g/mol. The van der Waals surface area contributed by atoms with Crippen LogP contribution < -0.4 is 10.1 Å². The Morgan fingerprint density at radius 2 is 2.26 bits per heavy atom. The molecule has 2 amide bonds. The standard InChI is InChI=1S/C16H23N5O2/c1-12-7-14(5-6-15(12)23-4)9-20(3)16(22)19-13(2)8-21-11-17-10-18-21/h5-7,10-11,13H,8-9H2,1-4H3,(H,19,22)/t13-/m0/s1. The van der Waals surface area contributed by atoms with Crippen molar-refractivity contribution in [2.45, 2.75) is 33.0 Å². The molecule has 1 aromatic heterocycles. The lowest BCUT2D eigenvalue weighted by Crippen LogP contribution is -2.43. The third-order valence-electron chi connectivity index (χ3n) is 3.52. The third kappa shape index (κ3) is 4.70. The van der Waals surface area contributed by atoms with E-state index >= 15 is 0 Å². The molecule has 0 saturated heterocycles. The molecule has 7 heteroatoms. The van der Waals surface area contributed by atoms with Crippen LogP contribution in [0.25, 0.3) is 0 Å². The molecule has 0 aliphatic carbocycles. The molecule has 0 unspecified atom stereocenters. The second kappa shape index (κ2) is 7.62. The summed E-state index contributed by atoms with van der Waals surface area (Å²) in [4.78, 5) is 17.8. The fraction of sp³-hybridized carbons (Fsp3) is 0.438. The minimum Gasteiger partial charge on any atom is -0.496 e. The zero-order valence-corrected chi connectivity index (χ0v) is 14.0. The molecule has 1 heterocycles. The van der Waals surface area contributed by atoms with E-state index in [9.17, 15) is 4.79 Å². The lowest BCUT2D eigenvalue weighted by molar-refractivity contribution is 0.202. The molecule has 23 heavy (non-hydrogen) atoms. The minimum atomic E-state index is -0.119. The van der Waals surface area contributed by atoms with E-state index in [0.717, 1.165) is 16.9 Å². The number of hydrogen-bond acceptors (Lipinski definition) is 4. The molecule has 1 atom stereocenters. The highest BCUT2D eigenvalue weighted by molar-refractivity contribution is 5.74. The molecule has 1 N–H and O–H groups in total. The lowest BCUT2D eigenvalue weighted by Gasteiger charge is -2.21. The van der Waals surface area contributed by atoms with E-state index in [2.05, 4.69) is 15.4 Å². The second-order valence-electron chi connectivity index (χ2n) is 5.63. The number of nitrogens with zero attached hydrogens (tertiary/aromatic N) is 4. The highest BCUT2D eigenvalue weighted by atomic mass is 16.5. The molecule has 124 valence electrons. The van der Waals surface area contributed by atoms with Crippen molar-refractivity contribution in [3.8, 4) is 5.75 Å². The summed E-state index contributed by atoms with van der Waals surface area (Å²) in [7, 11) is 3.43. The molecule has 2 rings (SSSR count). The van der Waals surface area contributed by atoms with Crippen molar-refractivity contribution in [2.24, 2.45) is 0 Å². The molecule has 7 nitrogen and oxygen atoms in total. The van der Waals surface area contributed by atoms with E-state index in [1.807, 2.05) is 32.0 Å². The maximum absolute atomic E-state index is 12.2. The predicted molar refractivity (Wildman–Crippen MR) is 87.2 cm³/mol. The zero-order valence-electron chi connectivity index (χ0n) is 14.0. The first-order chi connectivity index (χ1) is 11.0. The van der Waals surface area contributed by atoms with Crippen molar-refractivity contribution in [1.29, 1.82) is 0 Å². The zero-order chi connectivity index (χ0) is 16.8. The summed E-state index contributed by atoms with van der Waals surface area (Å²) in [6.07, 6.45) is 3.11. The highest BCUT2D eigenvalue weighted by Gasteiger charge is 2.13. The fourth-order valence-electron chi connectivity index (χ4n) is 2.36. The Kier molecular flexibility index (Phi) is 5.56. The molecule has 0 bridgehead atoms. The van der Waals surface area contributed by atoms with Crippen LogP contribution in [0.4, 0.5) is 4.79 Å². The number of benzene rings is 1. The van der Waals surface area contributed by atoms with Crippen molar-refractivity contribution in [3.05, 3.63) is 42.0 Å². The van der Waals surface area contributed by atoms with Gasteiger partial charge in [0.1, 0.15) is 18.4 Å². The largest absolute Gasteiger partial charge is 0.496 e. The van der Waals surface area contributed by atoms with E-state index in [-0.39, 0.29) is 12.1 Å². The van der Waals surface area contributed by atoms with Crippen LogP contribution in [0.5, 0.6) is 5.75 Å². The second-order valence-corrected chi connectivity index (χ2v) is 5.63. The van der Waals surface area contributed by atoms with Gasteiger partial charge >= 0.3 is 6.03 Å². The van der Waals surface area contributed by atoms with Crippen LogP contribution in [-0.4, -0.2) is 45.9 Å². The van der Waals surface area contributed by atoms with Crippen LogP contribution in [0.2, 0.25) is 0 Å². The van der Waals surface area contributed by atoms with Gasteiger partial charge in [0.2, 0.25) is 0 Å². The first-order valence-electron chi connectivity index (χ1n) is 7.47. The van der Waals surface area contributed by atoms with Gasteiger partial charge in [-0.05, 0) is 31.0 Å². The topological polar surface area (TPSA) is 72.3 Å². The molecular formula is C16H23N5O2. The van der Waals surface area contributed by atoms with E-state index in [1.54, 1.807) is 30.1 Å². The number of hydrogen-bond donors (Lipinski definition) is 1. The number of rotatable bonds is 6. The summed E-state index contributed by atoms with van der Waals surface area (Å²) in [5.74, 6) is 0.849. The van der Waals surface area contributed by atoms with Gasteiger partial charge in [0, 0.05) is 19.6 Å². The average Bonchev–Trinajstić information content (AvgIpc) is 3.00. The Balaban J connectivity index is 1.88. The summed E-state index contributed by atoms with van der Waals surface area (Å²) in [5, 5.41) is 6.98. The number of nitrogens with one attached hydrogen (secondary N) is 1. The summed E-state index contributed by atoms with van der Waals surface area (Å²) >= 11 is 0. The van der Waals surface area contributed by atoms with Gasteiger partial charge in [0.15, 0.2) is 0 Å². The molecule has 1 aromatic carbocycles. The van der Waals surface area contributed by atoms with Crippen LogP contribution in [0.15, 0.2) is 30.9 Å². The molecule has 0 aliphatic heterocycles. The molecule has 0 spiro atoms. The number of aryl methyl sites for hydroxylation is 1. The Morgan fingerprint density at radius 3 is 2.87 bits per heavy atom. The van der Waals surface area contributed by atoms with Crippen LogP contribution >= 0.6 is 0 Å². The predicted octanol–water partition coefficient (Wildman–Crippen LogP) is 1.83. The fourth-order valence-corrected chi connectivity index (χ4v) is 2.36. The minimum absolute atomic E-state index is 0.0377. The summed E-state index contributed by atoms with van der Waals surface area (Å²) in [6.45, 7) is 5.04. The number of amides is 2. The van der Waals surface area contributed by atoms with Crippen LogP contribution in [0.3, 0.4) is 0 Å². The van der Waals surface area contributed by atoms with E-state index in [0.29, 0.717) is 13.1 Å². The van der Waals surface area contributed by atoms with Crippen molar-refractivity contribution in [3.63, 3.8) is 0 Å². The molecule has 2 aromatic rings. The van der Waals surface area contributed by atoms with Crippen molar-refractivity contribution in [2.75, 3.05) is 14.2 Å². The number of urea groups is 1. The smallest absolute Gasteiger partial charge is 0.317 e. The van der Waals surface area contributed by atoms with E-state index in [1.165, 1.54) is 6.33 Å². The SMILES string of the molecule is COc1ccc(CN(C)C(=O)N[C@@H](C)Cn2cncn2)cc1C. The molecule has 0 fully saturated rings. The Hall–Kier alpha value is -2.57. The Bertz CT molecular complexity index is 642. The molecular weight excluding hydrogens is 294 g/mol. The van der Waals surface area contributed by atoms with Gasteiger partial charge < -0.3 is 15.0 Å². The highest BCUT2D eigenvalue weighted by Crippen LogP contribution is 2.19. The summed E-state index contributed by atoms with van der Waals surface area (Å²) in [5.41, 5.74) is 2.11. The van der Waals surface area contributed by atoms with Gasteiger partial charge in [0.05, 0.1) is 13.7 Å². The lowest BCUT2D eigenvalue weighted by atomic mass is 10.1. The number of carbonyl (C=O) groups excluding carboxylic acids is 1. The Labute approximate surface area is 136 Å². The van der Waals surface area contributed by atoms with E-state index in [4.69, 9.17) is 4.74 Å². The van der Waals surface area contributed by atoms with Gasteiger partial charge in [-0.25, -0.2) is 9.78 Å². The molecule has 0 radical (unpaired) electrons. The quantitative estimate of drug-likeness (QED) is 0.882. The molecule has 0 saturated carbocycles. The normalized spacial score (nSPS) is 11.8. The monoisotopic (exact) mass is 317 g/mol. The summed E-state index contributed by atoms with van der Waals surface area (Å²) in [6, 6.07) is 5.76. The van der Waals surface area contributed by atoms with E-state index < -0.39 is 0 Å². The first kappa shape index (κ1) is 16.8. The number of aromatic nitrogens is 3. The van der Waals surface area contributed by atoms with Gasteiger partial charge in [-0.3, -0.25) is 4.68 Å². The van der Waals surface area contributed by atoms with Gasteiger partial charge in [0.25, 0.3) is 0 Å². The van der Waals surface area contributed by atoms with Crippen LogP contribution in [-0.2, 0) is 13.1 Å². The maximum Gasteiger partial charge on any atom is 0.317 e. The van der Waals surface area contributed by atoms with Gasteiger partial charge in [-0.2, -0.15) is 5.10 Å². The van der Waals surface area contributed by atoms with Crippen LogP contribution in [0.1, 0.15) is 18.1 Å². The number of ether oxygens (including phenoxy) is 1. The van der Waals surface area contributed by atoms with Crippen molar-refractivity contribution >= 4 is 6.03 Å². The molecule has 0 aliphatic rings. The first-order valence-corrected chi connectivity index (χ1v) is 7.47. The number of carbonyl (C=O) groups is 1. The number of methoxy groups -OCH3 is 1. The van der Waals surface area contributed by atoms with Crippen molar-refractivity contribution < 1.29 is 9.53 Å². The van der Waals surface area contributed by atoms with Crippen molar-refractivity contribution in [1.82, 2.24) is 25.0 Å². The van der Waals surface area contributed by atoms with Gasteiger partial charge in [-0.1, -0.05) is 12.1 Å². The van der Waals surface area contributed by atoms with Crippen LogP contribution in [0, 0.1) is 6.92 Å². The van der Waals surface area contributed by atoms with Gasteiger partial charge in [-0.15, -0.1) is 0 Å². The Morgan fingerprint density at radius 1 is 1.48 bits per heavy atom. The summed E-state index contributed by atoms with van der Waals surface area (Å²) < 4.78 is 6.94. The third-order valence-corrected chi connectivity index (χ3v) is 3.52.